The van der Waals surface area contributed by atoms with Crippen LogP contribution in [0.25, 0.3) is 10.4 Å². The Kier molecular flexibility index (Phi) is 5.26. The van der Waals surface area contributed by atoms with Crippen molar-refractivity contribution in [1.82, 2.24) is 0 Å². The number of benzene rings is 1. The summed E-state index contributed by atoms with van der Waals surface area (Å²) in [5, 5.41) is 22.5. The number of carbonyl (C=O) groups excluding carboxylic acids is 1. The van der Waals surface area contributed by atoms with Crippen LogP contribution in [0.5, 0.6) is 0 Å². The summed E-state index contributed by atoms with van der Waals surface area (Å²) in [5.74, 6) is -0.858. The van der Waals surface area contributed by atoms with Crippen molar-refractivity contribution >= 4 is 6.29 Å². The Morgan fingerprint density at radius 1 is 1.50 bits per heavy atom. The number of nitrogens with zero attached hydrogens (tertiary/aromatic N) is 3. The normalized spacial score (nSPS) is 13.5. The van der Waals surface area contributed by atoms with Crippen molar-refractivity contribution in [2.75, 3.05) is 6.54 Å². The molecular weight excluding hydrogens is 241 g/mol. The summed E-state index contributed by atoms with van der Waals surface area (Å²) in [6.07, 6.45) is -2.42. The summed E-state index contributed by atoms with van der Waals surface area (Å²) >= 11 is 0. The van der Waals surface area contributed by atoms with Crippen LogP contribution >= 0.6 is 0 Å². The minimum atomic E-state index is -1.47. The first-order valence-corrected chi connectivity index (χ1v) is 5.22. The molecule has 6 nitrogen and oxygen atoms in total. The maximum Gasteiger partial charge on any atom is 0.153 e. The van der Waals surface area contributed by atoms with Gasteiger partial charge in [0.05, 0.1) is 11.7 Å². The molecule has 1 aromatic carbocycles. The smallest absolute Gasteiger partial charge is 0.153 e. The van der Waals surface area contributed by atoms with Gasteiger partial charge in [0.2, 0.25) is 0 Å². The predicted octanol–water partition coefficient (Wildman–Crippen LogP) is 1.73. The first-order chi connectivity index (χ1) is 8.61. The van der Waals surface area contributed by atoms with Crippen LogP contribution in [0, 0.1) is 5.82 Å². The second-order valence-electron chi connectivity index (χ2n) is 3.62. The zero-order valence-corrected chi connectivity index (χ0v) is 9.40. The largest absolute Gasteiger partial charge is 0.390 e. The van der Waals surface area contributed by atoms with Gasteiger partial charge < -0.3 is 10.2 Å². The van der Waals surface area contributed by atoms with Crippen molar-refractivity contribution in [3.63, 3.8) is 0 Å². The van der Waals surface area contributed by atoms with E-state index in [9.17, 15) is 19.4 Å². The monoisotopic (exact) mass is 253 g/mol. The molecule has 2 N–H and O–H groups in total. The number of azide groups is 1. The quantitative estimate of drug-likeness (QED) is 0.349. The lowest BCUT2D eigenvalue weighted by Gasteiger charge is -2.18. The Morgan fingerprint density at radius 2 is 2.22 bits per heavy atom. The van der Waals surface area contributed by atoms with Crippen molar-refractivity contribution in [2.24, 2.45) is 5.11 Å². The fourth-order valence-corrected chi connectivity index (χ4v) is 1.49. The lowest BCUT2D eigenvalue weighted by Crippen LogP contribution is -2.20. The van der Waals surface area contributed by atoms with E-state index in [4.69, 9.17) is 5.53 Å². The van der Waals surface area contributed by atoms with Crippen LogP contribution in [0.1, 0.15) is 28.4 Å². The van der Waals surface area contributed by atoms with E-state index in [1.54, 1.807) is 0 Å². The molecule has 0 aliphatic rings. The van der Waals surface area contributed by atoms with Crippen LogP contribution in [0.15, 0.2) is 23.3 Å². The molecule has 0 amide bonds. The Morgan fingerprint density at radius 3 is 2.83 bits per heavy atom. The van der Waals surface area contributed by atoms with Crippen LogP contribution in [-0.4, -0.2) is 29.1 Å². The van der Waals surface area contributed by atoms with Crippen molar-refractivity contribution < 1.29 is 19.4 Å². The Labute approximate surface area is 102 Å². The van der Waals surface area contributed by atoms with Gasteiger partial charge in [-0.2, -0.15) is 0 Å². The SMILES string of the molecule is [N-]=[N+]=NCCC(O)C(O)c1cccc(C=O)c1F. The van der Waals surface area contributed by atoms with Crippen molar-refractivity contribution in [2.45, 2.75) is 18.6 Å². The lowest BCUT2D eigenvalue weighted by molar-refractivity contribution is 0.0129. The minimum Gasteiger partial charge on any atom is -0.390 e. The molecule has 0 spiro atoms. The van der Waals surface area contributed by atoms with Crippen LogP contribution < -0.4 is 0 Å². The van der Waals surface area contributed by atoms with Gasteiger partial charge in [-0.3, -0.25) is 4.79 Å². The van der Waals surface area contributed by atoms with Gasteiger partial charge in [-0.25, -0.2) is 4.39 Å². The van der Waals surface area contributed by atoms with Gasteiger partial charge in [0.1, 0.15) is 11.9 Å². The van der Waals surface area contributed by atoms with Gasteiger partial charge in [0.15, 0.2) is 6.29 Å². The molecule has 1 aromatic rings. The molecule has 0 radical (unpaired) electrons. The highest BCUT2D eigenvalue weighted by molar-refractivity contribution is 5.75. The number of rotatable bonds is 6. The fraction of sp³-hybridized carbons (Fsp3) is 0.364. The molecule has 96 valence electrons. The van der Waals surface area contributed by atoms with Crippen molar-refractivity contribution in [3.05, 3.63) is 45.6 Å². The molecule has 0 saturated carbocycles. The summed E-state index contributed by atoms with van der Waals surface area (Å²) in [7, 11) is 0. The van der Waals surface area contributed by atoms with E-state index < -0.39 is 18.0 Å². The minimum absolute atomic E-state index is 0.00398. The molecule has 0 fully saturated rings. The van der Waals surface area contributed by atoms with E-state index >= 15 is 0 Å². The van der Waals surface area contributed by atoms with E-state index in [0.717, 1.165) is 0 Å². The van der Waals surface area contributed by atoms with Crippen LogP contribution in [-0.2, 0) is 0 Å². The molecular formula is C11H12FN3O3. The molecule has 18 heavy (non-hydrogen) atoms. The molecule has 0 aliphatic heterocycles. The second-order valence-corrected chi connectivity index (χ2v) is 3.62. The highest BCUT2D eigenvalue weighted by Crippen LogP contribution is 2.23. The number of carbonyl (C=O) groups is 1. The third-order valence-electron chi connectivity index (χ3n) is 2.46. The van der Waals surface area contributed by atoms with Gasteiger partial charge in [-0.15, -0.1) is 0 Å². The molecule has 0 aliphatic carbocycles. The molecule has 7 heteroatoms. The summed E-state index contributed by atoms with van der Waals surface area (Å²) in [4.78, 5) is 13.0. The Hall–Kier alpha value is -1.95. The van der Waals surface area contributed by atoms with Gasteiger partial charge in [-0.05, 0) is 18.0 Å². The topological polar surface area (TPSA) is 106 Å². The maximum atomic E-state index is 13.7. The van der Waals surface area contributed by atoms with Crippen LogP contribution in [0.2, 0.25) is 0 Å². The number of hydrogen-bond acceptors (Lipinski definition) is 4. The van der Waals surface area contributed by atoms with Gasteiger partial charge in [0, 0.05) is 17.0 Å². The molecule has 0 heterocycles. The van der Waals surface area contributed by atoms with Crippen molar-refractivity contribution in [1.29, 1.82) is 0 Å². The molecule has 2 unspecified atom stereocenters. The molecule has 0 saturated heterocycles. The molecule has 2 atom stereocenters. The van der Waals surface area contributed by atoms with Crippen molar-refractivity contribution in [3.8, 4) is 0 Å². The predicted molar refractivity (Wildman–Crippen MR) is 61.4 cm³/mol. The molecule has 1 rings (SSSR count). The van der Waals surface area contributed by atoms with Crippen LogP contribution in [0.3, 0.4) is 0 Å². The standard InChI is InChI=1S/C11H12FN3O3/c12-10-7(6-16)2-1-3-8(10)11(18)9(17)4-5-14-15-13/h1-3,6,9,11,17-18H,4-5H2. The maximum absolute atomic E-state index is 13.7. The Balaban J connectivity index is 2.85. The van der Waals surface area contributed by atoms with Gasteiger partial charge in [0.25, 0.3) is 0 Å². The van der Waals surface area contributed by atoms with E-state index in [-0.39, 0.29) is 24.1 Å². The second kappa shape index (κ2) is 6.70. The summed E-state index contributed by atoms with van der Waals surface area (Å²) in [6, 6.07) is 3.96. The number of halogens is 1. The first kappa shape index (κ1) is 14.1. The third-order valence-corrected chi connectivity index (χ3v) is 2.46. The summed E-state index contributed by atoms with van der Waals surface area (Å²) in [5.41, 5.74) is 7.72. The number of aldehydes is 1. The third kappa shape index (κ3) is 3.27. The van der Waals surface area contributed by atoms with Crippen LogP contribution in [0.4, 0.5) is 4.39 Å². The lowest BCUT2D eigenvalue weighted by atomic mass is 9.99. The van der Waals surface area contributed by atoms with E-state index in [2.05, 4.69) is 10.0 Å². The molecule has 0 aromatic heterocycles. The van der Waals surface area contributed by atoms with Gasteiger partial charge in [-0.1, -0.05) is 17.2 Å². The summed E-state index contributed by atoms with van der Waals surface area (Å²) < 4.78 is 13.7. The van der Waals surface area contributed by atoms with E-state index in [0.29, 0.717) is 6.29 Å². The van der Waals surface area contributed by atoms with E-state index in [1.165, 1.54) is 18.2 Å². The zero-order valence-electron chi connectivity index (χ0n) is 9.40. The number of hydrogen-bond donors (Lipinski definition) is 2. The fourth-order valence-electron chi connectivity index (χ4n) is 1.49. The summed E-state index contributed by atoms with van der Waals surface area (Å²) in [6.45, 7) is -0.0102. The highest BCUT2D eigenvalue weighted by atomic mass is 19.1. The average molecular weight is 253 g/mol. The zero-order chi connectivity index (χ0) is 13.5. The van der Waals surface area contributed by atoms with E-state index in [1.807, 2.05) is 0 Å². The average Bonchev–Trinajstić information content (AvgIpc) is 2.38. The first-order valence-electron chi connectivity index (χ1n) is 5.22. The van der Waals surface area contributed by atoms with Gasteiger partial charge >= 0.3 is 0 Å². The molecule has 0 bridgehead atoms. The number of aliphatic hydroxyl groups is 2. The Bertz CT molecular complexity index is 475. The number of aliphatic hydroxyl groups excluding tert-OH is 2. The highest BCUT2D eigenvalue weighted by Gasteiger charge is 2.22.